The summed E-state index contributed by atoms with van der Waals surface area (Å²) in [4.78, 5) is 0. The standard InChI is InChI=1S/C23H35F.C22H33F.C21H33F.C20H31F.C19H29F/c1-2-3-4-5-8-17-23(18-9-6-10-19-23)22-15-13-21(14-16-22)12-7-11-20-24;1-2-3-4-5-7-16-22(17-8-6-9-18-22)21-14-12-20(13-15-21)11-10-19-23;1-2-3-4-5-7-15-21(16-8-6-9-17-21)20-12-10-19(11-13-20)14-18-22;1-2-3-4-5-7-14-20(15-8-6-9-16-20)19-12-10-18(17-21)11-13-19;1-2-3-4-5-7-14-19(15-8-6-9-16-19)17-10-12-18(20)13-11-17/h7,11,13-16H,2-6,8-10,12,17-20H2,1H3;10,12-15,19H,2-9,11,16-18H2,1H3;10-13H,2-9,14-18H2,1H3;10-13H,2-9,14-17H2,1H3;10-13H,2-9,14-16H2,1H3/b11-7+;19-10+;;;. The average molecular weight is 1520 g/mol. The third-order valence-electron chi connectivity index (χ3n) is 27.2. The Morgan fingerprint density at radius 3 is 0.736 bits per heavy atom. The zero-order valence-corrected chi connectivity index (χ0v) is 71.4. The molecule has 0 unspecified atom stereocenters. The Labute approximate surface area is 673 Å². The Kier molecular flexibility index (Phi) is 48.3. The molecule has 0 aromatic heterocycles. The monoisotopic (exact) mass is 1520 g/mol. The second-order valence-corrected chi connectivity index (χ2v) is 35.3. The summed E-state index contributed by atoms with van der Waals surface area (Å²) in [6, 6.07) is 42.9. The lowest BCUT2D eigenvalue weighted by molar-refractivity contribution is 0.265. The lowest BCUT2D eigenvalue weighted by Crippen LogP contribution is -2.29. The minimum absolute atomic E-state index is 0.109. The molecule has 110 heavy (non-hydrogen) atoms. The Morgan fingerprint density at radius 1 is 0.264 bits per heavy atom. The number of alkyl halides is 3. The van der Waals surface area contributed by atoms with Crippen molar-refractivity contribution in [2.75, 3.05) is 13.3 Å². The molecule has 5 aromatic carbocycles. The molecule has 616 valence electrons. The van der Waals surface area contributed by atoms with Gasteiger partial charge in [0.2, 0.25) is 0 Å². The number of hydrogen-bond acceptors (Lipinski definition) is 0. The van der Waals surface area contributed by atoms with Gasteiger partial charge < -0.3 is 0 Å². The molecule has 0 heterocycles. The van der Waals surface area contributed by atoms with E-state index < -0.39 is 0 Å². The highest BCUT2D eigenvalue weighted by atomic mass is 19.1. The lowest BCUT2D eigenvalue weighted by atomic mass is 9.66. The zero-order valence-electron chi connectivity index (χ0n) is 71.4. The number of unbranched alkanes of at least 4 members (excludes halogenated alkanes) is 20. The molecule has 5 aromatic rings. The van der Waals surface area contributed by atoms with Crippen molar-refractivity contribution in [2.45, 2.75) is 441 Å². The summed E-state index contributed by atoms with van der Waals surface area (Å²) in [5.74, 6) is -0.109. The Bertz CT molecular complexity index is 3050. The van der Waals surface area contributed by atoms with Crippen LogP contribution in [0.4, 0.5) is 22.0 Å². The number of aryl methyl sites for hydroxylation is 1. The predicted molar refractivity (Wildman–Crippen MR) is 470 cm³/mol. The van der Waals surface area contributed by atoms with E-state index in [1.54, 1.807) is 29.8 Å². The SMILES string of the molecule is CCCCCCCC1(c2ccc(C/C=C/CF)cc2)CCCCC1.CCCCCCCC1(c2ccc(C/C=C/F)cc2)CCCCC1.CCCCCCCC1(c2ccc(CCF)cc2)CCCCC1.CCCCCCCC1(c2ccc(CF)cc2)CCCCC1.CCCCCCCC1(c2ccc(F)cc2)CCCCC1. The summed E-state index contributed by atoms with van der Waals surface area (Å²) >= 11 is 0. The second-order valence-electron chi connectivity index (χ2n) is 35.3. The Balaban J connectivity index is 0.000000215. The molecule has 0 atom stereocenters. The molecular formula is C105H161F5. The van der Waals surface area contributed by atoms with Gasteiger partial charge in [0.05, 0.1) is 13.0 Å². The highest BCUT2D eigenvalue weighted by molar-refractivity contribution is 5.35. The summed E-state index contributed by atoms with van der Waals surface area (Å²) in [7, 11) is 0. The first-order chi connectivity index (χ1) is 54.0. The molecule has 5 saturated carbocycles. The van der Waals surface area contributed by atoms with Gasteiger partial charge in [0.15, 0.2) is 0 Å². The van der Waals surface area contributed by atoms with Crippen LogP contribution in [-0.4, -0.2) is 13.3 Å². The van der Waals surface area contributed by atoms with Gasteiger partial charge in [-0.2, -0.15) is 0 Å². The first kappa shape index (κ1) is 94.1. The van der Waals surface area contributed by atoms with E-state index in [4.69, 9.17) is 0 Å². The van der Waals surface area contributed by atoms with Crippen molar-refractivity contribution >= 4 is 0 Å². The van der Waals surface area contributed by atoms with Crippen LogP contribution in [0.5, 0.6) is 0 Å². The van der Waals surface area contributed by atoms with Crippen molar-refractivity contribution in [3.8, 4) is 0 Å². The first-order valence-electron chi connectivity index (χ1n) is 46.7. The molecule has 5 heteroatoms. The largest absolute Gasteiger partial charge is 0.251 e. The maximum Gasteiger partial charge on any atom is 0.123 e. The van der Waals surface area contributed by atoms with E-state index in [0.717, 1.165) is 17.5 Å². The molecule has 0 radical (unpaired) electrons. The van der Waals surface area contributed by atoms with Crippen LogP contribution in [0.2, 0.25) is 0 Å². The molecule has 0 bridgehead atoms. The van der Waals surface area contributed by atoms with Crippen LogP contribution in [0.25, 0.3) is 0 Å². The van der Waals surface area contributed by atoms with Gasteiger partial charge in [-0.1, -0.05) is 419 Å². The van der Waals surface area contributed by atoms with Gasteiger partial charge in [0.1, 0.15) is 19.2 Å². The topological polar surface area (TPSA) is 0 Å². The predicted octanol–water partition coefficient (Wildman–Crippen LogP) is 34.5. The third kappa shape index (κ3) is 33.6. The van der Waals surface area contributed by atoms with Gasteiger partial charge in [-0.15, -0.1) is 0 Å². The van der Waals surface area contributed by atoms with Gasteiger partial charge in [0, 0.05) is 6.42 Å². The van der Waals surface area contributed by atoms with Crippen LogP contribution in [-0.2, 0) is 53.0 Å². The van der Waals surface area contributed by atoms with Gasteiger partial charge in [-0.25, -0.2) is 17.6 Å². The zero-order chi connectivity index (χ0) is 78.4. The highest BCUT2D eigenvalue weighted by Crippen LogP contribution is 2.49. The normalized spacial score (nSPS) is 17.7. The van der Waals surface area contributed by atoms with E-state index in [9.17, 15) is 22.0 Å². The molecule has 5 fully saturated rings. The van der Waals surface area contributed by atoms with E-state index in [0.29, 0.717) is 46.2 Å². The summed E-state index contributed by atoms with van der Waals surface area (Å²) in [6.07, 6.45) is 82.6. The quantitative estimate of drug-likeness (QED) is 0.0207. The van der Waals surface area contributed by atoms with Crippen molar-refractivity contribution in [1.82, 2.24) is 0 Å². The van der Waals surface area contributed by atoms with Crippen LogP contribution in [0.1, 0.15) is 438 Å². The van der Waals surface area contributed by atoms with Crippen LogP contribution < -0.4 is 0 Å². The summed E-state index contributed by atoms with van der Waals surface area (Å²) in [5.41, 5.74) is 13.9. The van der Waals surface area contributed by atoms with E-state index in [2.05, 4.69) is 120 Å². The van der Waals surface area contributed by atoms with Gasteiger partial charge in [0.25, 0.3) is 0 Å². The molecule has 0 aliphatic heterocycles. The third-order valence-corrected chi connectivity index (χ3v) is 27.2. The molecule has 10 rings (SSSR count). The molecular weight excluding hydrogens is 1360 g/mol. The van der Waals surface area contributed by atoms with E-state index in [1.165, 1.54) is 387 Å². The summed E-state index contributed by atoms with van der Waals surface area (Å²) in [5, 5.41) is 0. The maximum absolute atomic E-state index is 13.2. The summed E-state index contributed by atoms with van der Waals surface area (Å²) < 4.78 is 62.7. The van der Waals surface area contributed by atoms with Crippen molar-refractivity contribution in [3.63, 3.8) is 0 Å². The van der Waals surface area contributed by atoms with E-state index in [1.807, 2.05) is 30.3 Å². The minimum atomic E-state index is -0.362. The molecule has 5 aliphatic carbocycles. The fourth-order valence-electron chi connectivity index (χ4n) is 20.2. The first-order valence-corrected chi connectivity index (χ1v) is 46.7. The van der Waals surface area contributed by atoms with Crippen molar-refractivity contribution in [2.24, 2.45) is 0 Å². The van der Waals surface area contributed by atoms with E-state index in [-0.39, 0.29) is 25.8 Å². The number of benzene rings is 5. The Morgan fingerprint density at radius 2 is 0.500 bits per heavy atom. The number of rotatable bonds is 43. The lowest BCUT2D eigenvalue weighted by Gasteiger charge is -2.38. The van der Waals surface area contributed by atoms with Gasteiger partial charge >= 0.3 is 0 Å². The van der Waals surface area contributed by atoms with Crippen LogP contribution in [0.15, 0.2) is 146 Å². The highest BCUT2D eigenvalue weighted by Gasteiger charge is 2.38. The van der Waals surface area contributed by atoms with Crippen LogP contribution in [0.3, 0.4) is 0 Å². The minimum Gasteiger partial charge on any atom is -0.251 e. The van der Waals surface area contributed by atoms with Gasteiger partial charge in [-0.3, -0.25) is 4.39 Å². The smallest absolute Gasteiger partial charge is 0.123 e. The van der Waals surface area contributed by atoms with E-state index >= 15 is 0 Å². The molecule has 0 saturated heterocycles. The number of hydrogen-bond donors (Lipinski definition) is 0. The molecule has 0 spiro atoms. The Hall–Kier alpha value is -4.77. The second kappa shape index (κ2) is 56.5. The molecule has 0 amide bonds. The van der Waals surface area contributed by atoms with Crippen molar-refractivity contribution < 1.29 is 22.0 Å². The fourth-order valence-corrected chi connectivity index (χ4v) is 20.2. The van der Waals surface area contributed by atoms with Crippen LogP contribution >= 0.6 is 0 Å². The van der Waals surface area contributed by atoms with Gasteiger partial charge in [-0.05, 0) is 198 Å². The average Bonchev–Trinajstić information content (AvgIpc) is 0.841. The molecule has 0 N–H and O–H groups in total. The molecule has 5 aliphatic rings. The number of halogens is 5. The fraction of sp³-hybridized carbons (Fsp3) is 0.676. The van der Waals surface area contributed by atoms with Crippen molar-refractivity contribution in [3.05, 3.63) is 202 Å². The maximum atomic E-state index is 13.2. The van der Waals surface area contributed by atoms with Crippen LogP contribution in [0, 0.1) is 5.82 Å². The molecule has 0 nitrogen and oxygen atoms in total. The number of allylic oxidation sites excluding steroid dienone is 3. The van der Waals surface area contributed by atoms with Crippen molar-refractivity contribution in [1.29, 1.82) is 0 Å². The summed E-state index contributed by atoms with van der Waals surface area (Å²) in [6.45, 7) is 10.4.